The second-order valence-electron chi connectivity index (χ2n) is 10.9. The maximum atomic E-state index is 14.1. The largest absolute Gasteiger partial charge is 0.352 e. The number of hydrogen-bond acceptors (Lipinski definition) is 4. The Balaban J connectivity index is 1.70. The molecule has 1 N–H and O–H groups in total. The molecule has 1 fully saturated rings. The molecule has 7 nitrogen and oxygen atoms in total. The van der Waals surface area contributed by atoms with Crippen molar-refractivity contribution >= 4 is 39.1 Å². The van der Waals surface area contributed by atoms with Gasteiger partial charge in [-0.15, -0.1) is 0 Å². The van der Waals surface area contributed by atoms with Crippen molar-refractivity contribution in [3.8, 4) is 0 Å². The van der Waals surface area contributed by atoms with Gasteiger partial charge in [-0.05, 0) is 75.9 Å². The topological polar surface area (TPSA) is 86.8 Å². The highest BCUT2D eigenvalue weighted by molar-refractivity contribution is 7.92. The van der Waals surface area contributed by atoms with Crippen LogP contribution < -0.4 is 9.62 Å². The number of hydrogen-bond donors (Lipinski definition) is 1. The van der Waals surface area contributed by atoms with Crippen molar-refractivity contribution in [2.45, 2.75) is 76.9 Å². The Morgan fingerprint density at radius 3 is 2.10 bits per heavy atom. The summed E-state index contributed by atoms with van der Waals surface area (Å²) in [5.41, 5.74) is 3.89. The lowest BCUT2D eigenvalue weighted by molar-refractivity contribution is -0.139. The Hall–Kier alpha value is -3.36. The summed E-state index contributed by atoms with van der Waals surface area (Å²) in [6.07, 6.45) is 3.97. The van der Waals surface area contributed by atoms with Crippen LogP contribution in [-0.4, -0.2) is 43.8 Å². The van der Waals surface area contributed by atoms with E-state index < -0.39 is 28.5 Å². The predicted molar refractivity (Wildman–Crippen MR) is 163 cm³/mol. The lowest BCUT2D eigenvalue weighted by Crippen LogP contribution is -2.52. The molecule has 1 aliphatic rings. The fourth-order valence-corrected chi connectivity index (χ4v) is 6.55. The third-order valence-electron chi connectivity index (χ3n) is 7.67. The fraction of sp³-hybridized carbons (Fsp3) is 0.375. The van der Waals surface area contributed by atoms with Crippen LogP contribution in [0.5, 0.6) is 0 Å². The lowest BCUT2D eigenvalue weighted by atomic mass is 10.1. The van der Waals surface area contributed by atoms with E-state index in [4.69, 9.17) is 11.6 Å². The van der Waals surface area contributed by atoms with E-state index >= 15 is 0 Å². The summed E-state index contributed by atoms with van der Waals surface area (Å²) in [5, 5.41) is 3.48. The van der Waals surface area contributed by atoms with E-state index in [-0.39, 0.29) is 29.1 Å². The molecule has 0 radical (unpaired) electrons. The highest BCUT2D eigenvalue weighted by Crippen LogP contribution is 2.29. The average molecular weight is 596 g/mol. The van der Waals surface area contributed by atoms with Crippen molar-refractivity contribution in [1.29, 1.82) is 0 Å². The number of anilines is 1. The molecule has 0 saturated heterocycles. The van der Waals surface area contributed by atoms with Gasteiger partial charge in [0.05, 0.1) is 10.6 Å². The highest BCUT2D eigenvalue weighted by atomic mass is 35.5. The van der Waals surface area contributed by atoms with Crippen LogP contribution in [0.3, 0.4) is 0 Å². The molecule has 1 aliphatic carbocycles. The number of carbonyl (C=O) groups is 2. The number of halogens is 1. The Morgan fingerprint density at radius 1 is 0.927 bits per heavy atom. The summed E-state index contributed by atoms with van der Waals surface area (Å²) in [6.45, 7) is 7.03. The van der Waals surface area contributed by atoms with E-state index in [2.05, 4.69) is 5.32 Å². The quantitative estimate of drug-likeness (QED) is 0.314. The minimum Gasteiger partial charge on any atom is -0.352 e. The third kappa shape index (κ3) is 7.49. The molecule has 1 atom stereocenters. The second-order valence-corrected chi connectivity index (χ2v) is 13.2. The van der Waals surface area contributed by atoms with E-state index in [1.165, 1.54) is 17.0 Å². The Labute approximate surface area is 248 Å². The molecular formula is C32H38ClN3O4S. The predicted octanol–water partition coefficient (Wildman–Crippen LogP) is 5.94. The monoisotopic (exact) mass is 595 g/mol. The number of aryl methyl sites for hydroxylation is 3. The third-order valence-corrected chi connectivity index (χ3v) is 9.87. The molecule has 0 aliphatic heterocycles. The molecule has 218 valence electrons. The average Bonchev–Trinajstić information content (AvgIpc) is 3.45. The minimum absolute atomic E-state index is 0.0599. The molecule has 0 aromatic heterocycles. The summed E-state index contributed by atoms with van der Waals surface area (Å²) in [5.74, 6) is -0.740. The number of carbonyl (C=O) groups excluding carboxylic acids is 2. The zero-order chi connectivity index (χ0) is 29.7. The Bertz CT molecular complexity index is 1480. The van der Waals surface area contributed by atoms with Gasteiger partial charge in [0.15, 0.2) is 0 Å². The molecule has 0 bridgehead atoms. The van der Waals surface area contributed by atoms with Crippen molar-refractivity contribution in [3.63, 3.8) is 0 Å². The first kappa shape index (κ1) is 30.6. The first-order chi connectivity index (χ1) is 19.5. The van der Waals surface area contributed by atoms with Gasteiger partial charge < -0.3 is 10.2 Å². The van der Waals surface area contributed by atoms with E-state index in [1.807, 2.05) is 45.0 Å². The molecule has 1 saturated carbocycles. The van der Waals surface area contributed by atoms with Crippen LogP contribution in [0.15, 0.2) is 71.6 Å². The smallest absolute Gasteiger partial charge is 0.264 e. The summed E-state index contributed by atoms with van der Waals surface area (Å²) in [7, 11) is -4.15. The van der Waals surface area contributed by atoms with Crippen molar-refractivity contribution in [2.75, 3.05) is 10.8 Å². The van der Waals surface area contributed by atoms with Crippen LogP contribution in [0.2, 0.25) is 5.02 Å². The molecule has 41 heavy (non-hydrogen) atoms. The lowest BCUT2D eigenvalue weighted by Gasteiger charge is -2.32. The number of rotatable bonds is 10. The molecule has 0 heterocycles. The van der Waals surface area contributed by atoms with E-state index in [9.17, 15) is 18.0 Å². The second kappa shape index (κ2) is 13.1. The van der Waals surface area contributed by atoms with Crippen molar-refractivity contribution in [1.82, 2.24) is 10.2 Å². The molecule has 0 spiro atoms. The van der Waals surface area contributed by atoms with Gasteiger partial charge in [0.25, 0.3) is 10.0 Å². The molecule has 3 aromatic carbocycles. The minimum atomic E-state index is -4.15. The summed E-state index contributed by atoms with van der Waals surface area (Å²) < 4.78 is 29.0. The normalized spacial score (nSPS) is 14.5. The zero-order valence-corrected chi connectivity index (χ0v) is 25.6. The van der Waals surface area contributed by atoms with Gasteiger partial charge in [0, 0.05) is 17.6 Å². The van der Waals surface area contributed by atoms with Crippen LogP contribution in [0, 0.1) is 20.8 Å². The van der Waals surface area contributed by atoms with Gasteiger partial charge in [-0.1, -0.05) is 78.0 Å². The molecule has 4 rings (SSSR count). The number of sulfonamides is 1. The van der Waals surface area contributed by atoms with Gasteiger partial charge in [0.2, 0.25) is 11.8 Å². The Kier molecular flexibility index (Phi) is 9.76. The summed E-state index contributed by atoms with van der Waals surface area (Å²) >= 11 is 6.40. The van der Waals surface area contributed by atoms with Crippen LogP contribution in [0.4, 0.5) is 5.69 Å². The van der Waals surface area contributed by atoms with Gasteiger partial charge in [0.1, 0.15) is 12.6 Å². The van der Waals surface area contributed by atoms with Crippen molar-refractivity contribution in [2.24, 2.45) is 0 Å². The van der Waals surface area contributed by atoms with Gasteiger partial charge >= 0.3 is 0 Å². The maximum absolute atomic E-state index is 14.1. The number of benzene rings is 3. The first-order valence-corrected chi connectivity index (χ1v) is 15.8. The molecule has 3 aromatic rings. The summed E-state index contributed by atoms with van der Waals surface area (Å²) in [4.78, 5) is 28.9. The standard InChI is InChI=1S/C32H38ClN3O4S/c1-22-9-14-26(15-10-22)20-35(25(4)32(38)34-27-7-5-6-8-27)31(37)21-36(28-16-13-24(3)30(33)19-28)41(39,40)29-17-11-23(2)12-18-29/h9-19,25,27H,5-8,20-21H2,1-4H3,(H,34,38)/t25-/m0/s1. The Morgan fingerprint density at radius 2 is 1.51 bits per heavy atom. The van der Waals surface area contributed by atoms with Gasteiger partial charge in [-0.25, -0.2) is 8.42 Å². The SMILES string of the molecule is Cc1ccc(CN(C(=O)CN(c2ccc(C)c(Cl)c2)S(=O)(=O)c2ccc(C)cc2)[C@@H](C)C(=O)NC2CCCC2)cc1. The molecular weight excluding hydrogens is 558 g/mol. The zero-order valence-electron chi connectivity index (χ0n) is 24.1. The van der Waals surface area contributed by atoms with E-state index in [0.717, 1.165) is 52.2 Å². The van der Waals surface area contributed by atoms with Gasteiger partial charge in [-0.3, -0.25) is 13.9 Å². The maximum Gasteiger partial charge on any atom is 0.264 e. The van der Waals surface area contributed by atoms with Crippen molar-refractivity contribution in [3.05, 3.63) is 94.0 Å². The number of amides is 2. The van der Waals surface area contributed by atoms with Crippen molar-refractivity contribution < 1.29 is 18.0 Å². The molecule has 9 heteroatoms. The van der Waals surface area contributed by atoms with Crippen LogP contribution in [0.1, 0.15) is 54.9 Å². The van der Waals surface area contributed by atoms with E-state index in [1.54, 1.807) is 37.3 Å². The van der Waals surface area contributed by atoms with Gasteiger partial charge in [-0.2, -0.15) is 0 Å². The highest BCUT2D eigenvalue weighted by Gasteiger charge is 2.33. The van der Waals surface area contributed by atoms with Crippen LogP contribution in [0.25, 0.3) is 0 Å². The molecule has 0 unspecified atom stereocenters. The van der Waals surface area contributed by atoms with E-state index in [0.29, 0.717) is 5.02 Å². The van der Waals surface area contributed by atoms with Crippen LogP contribution in [-0.2, 0) is 26.2 Å². The molecule has 2 amide bonds. The number of nitrogens with one attached hydrogen (secondary N) is 1. The number of nitrogens with zero attached hydrogens (tertiary/aromatic N) is 2. The first-order valence-electron chi connectivity index (χ1n) is 14.0. The fourth-order valence-electron chi connectivity index (χ4n) is 4.97. The van der Waals surface area contributed by atoms with Crippen LogP contribution >= 0.6 is 11.6 Å². The summed E-state index contributed by atoms with van der Waals surface area (Å²) in [6, 6.07) is 18.4.